The normalized spacial score (nSPS) is 10.6. The molecule has 0 unspecified atom stereocenters. The highest BCUT2D eigenvalue weighted by Crippen LogP contribution is 2.29. The van der Waals surface area contributed by atoms with Gasteiger partial charge in [0, 0.05) is 11.8 Å². The van der Waals surface area contributed by atoms with Gasteiger partial charge in [-0.1, -0.05) is 38.1 Å². The Morgan fingerprint density at radius 1 is 1.19 bits per heavy atom. The first-order chi connectivity index (χ1) is 14.8. The Morgan fingerprint density at radius 2 is 1.97 bits per heavy atom. The molecule has 7 heteroatoms. The van der Waals surface area contributed by atoms with Crippen LogP contribution in [0.4, 0.5) is 5.69 Å². The highest BCUT2D eigenvalue weighted by molar-refractivity contribution is 5.95. The molecule has 1 amide bonds. The molecule has 0 aliphatic carbocycles. The molecule has 1 N–H and O–H groups in total. The van der Waals surface area contributed by atoms with Gasteiger partial charge in [-0.05, 0) is 47.7 Å². The Kier molecular flexibility index (Phi) is 8.64. The van der Waals surface area contributed by atoms with E-state index < -0.39 is 11.9 Å². The number of hydrogen-bond acceptors (Lipinski definition) is 6. The van der Waals surface area contributed by atoms with Gasteiger partial charge in [-0.2, -0.15) is 5.26 Å². The van der Waals surface area contributed by atoms with Crippen molar-refractivity contribution in [3.05, 3.63) is 59.2 Å². The molecule has 0 bridgehead atoms. The number of amides is 1. The van der Waals surface area contributed by atoms with E-state index in [1.54, 1.807) is 18.2 Å². The molecule has 0 fully saturated rings. The largest absolute Gasteiger partial charge is 0.493 e. The molecule has 0 saturated carbocycles. The summed E-state index contributed by atoms with van der Waals surface area (Å²) >= 11 is 0. The summed E-state index contributed by atoms with van der Waals surface area (Å²) in [7, 11) is 1.48. The second kappa shape index (κ2) is 11.4. The van der Waals surface area contributed by atoms with E-state index in [1.807, 2.05) is 45.0 Å². The van der Waals surface area contributed by atoms with Crippen molar-refractivity contribution in [1.29, 1.82) is 5.26 Å². The fourth-order valence-electron chi connectivity index (χ4n) is 2.88. The number of aryl methyl sites for hydroxylation is 1. The molecule has 2 aromatic rings. The zero-order chi connectivity index (χ0) is 22.8. The number of methoxy groups -OCH3 is 1. The number of para-hydroxylation sites is 1. The Bertz CT molecular complexity index is 1010. The van der Waals surface area contributed by atoms with Crippen molar-refractivity contribution >= 4 is 23.6 Å². The van der Waals surface area contributed by atoms with Gasteiger partial charge in [-0.25, -0.2) is 4.79 Å². The summed E-state index contributed by atoms with van der Waals surface area (Å²) in [4.78, 5) is 24.3. The first-order valence-electron chi connectivity index (χ1n) is 9.77. The molecule has 0 aliphatic rings. The quantitative estimate of drug-likeness (QED) is 0.480. The highest BCUT2D eigenvalue weighted by Gasteiger charge is 2.13. The summed E-state index contributed by atoms with van der Waals surface area (Å²) < 4.78 is 15.5. The zero-order valence-corrected chi connectivity index (χ0v) is 18.1. The molecule has 2 aromatic carbocycles. The van der Waals surface area contributed by atoms with Crippen molar-refractivity contribution in [2.45, 2.75) is 26.7 Å². The predicted molar refractivity (Wildman–Crippen MR) is 118 cm³/mol. The number of nitrogens with zero attached hydrogens (tertiary/aromatic N) is 1. The number of hydrogen-bond donors (Lipinski definition) is 1. The highest BCUT2D eigenvalue weighted by atomic mass is 16.5. The third kappa shape index (κ3) is 6.89. The third-order valence-corrected chi connectivity index (χ3v) is 4.43. The van der Waals surface area contributed by atoms with Crippen LogP contribution in [0.3, 0.4) is 0 Å². The number of rotatable bonds is 9. The third-order valence-electron chi connectivity index (χ3n) is 4.43. The molecule has 0 atom stereocenters. The molecule has 162 valence electrons. The van der Waals surface area contributed by atoms with Crippen LogP contribution in [0.5, 0.6) is 11.5 Å². The number of esters is 1. The van der Waals surface area contributed by atoms with E-state index in [0.29, 0.717) is 17.1 Å². The Labute approximate surface area is 182 Å². The number of ether oxygens (including phenoxy) is 3. The summed E-state index contributed by atoms with van der Waals surface area (Å²) in [6, 6.07) is 12.7. The van der Waals surface area contributed by atoms with Gasteiger partial charge in [-0.3, -0.25) is 4.79 Å². The molecule has 2 rings (SSSR count). The molecular weight excluding hydrogens is 396 g/mol. The summed E-state index contributed by atoms with van der Waals surface area (Å²) in [6.07, 6.45) is 2.76. The van der Waals surface area contributed by atoms with Crippen molar-refractivity contribution < 1.29 is 23.8 Å². The van der Waals surface area contributed by atoms with Crippen LogP contribution < -0.4 is 14.8 Å². The molecule has 0 heterocycles. The van der Waals surface area contributed by atoms with Crippen LogP contribution in [0.1, 0.15) is 36.5 Å². The van der Waals surface area contributed by atoms with Gasteiger partial charge in [0.15, 0.2) is 24.7 Å². The van der Waals surface area contributed by atoms with Crippen LogP contribution in [0.15, 0.2) is 42.5 Å². The second-order valence-electron chi connectivity index (χ2n) is 7.04. The van der Waals surface area contributed by atoms with Gasteiger partial charge in [0.2, 0.25) is 0 Å². The van der Waals surface area contributed by atoms with Crippen LogP contribution in [-0.2, 0) is 14.3 Å². The van der Waals surface area contributed by atoms with E-state index in [-0.39, 0.29) is 19.1 Å². The molecule has 31 heavy (non-hydrogen) atoms. The fourth-order valence-corrected chi connectivity index (χ4v) is 2.88. The number of nitriles is 1. The Morgan fingerprint density at radius 3 is 2.65 bits per heavy atom. The van der Waals surface area contributed by atoms with E-state index >= 15 is 0 Å². The second-order valence-corrected chi connectivity index (χ2v) is 7.04. The minimum absolute atomic E-state index is 0.0961. The van der Waals surface area contributed by atoms with Gasteiger partial charge in [0.1, 0.15) is 6.07 Å². The number of carbonyl (C=O) groups excluding carboxylic acids is 2. The molecule has 7 nitrogen and oxygen atoms in total. The molecule has 0 saturated heterocycles. The topological polar surface area (TPSA) is 97.7 Å². The van der Waals surface area contributed by atoms with Gasteiger partial charge in [0.25, 0.3) is 5.91 Å². The van der Waals surface area contributed by atoms with Gasteiger partial charge in [-0.15, -0.1) is 0 Å². The average molecular weight is 422 g/mol. The first-order valence-corrected chi connectivity index (χ1v) is 9.77. The smallest absolute Gasteiger partial charge is 0.331 e. The predicted octanol–water partition coefficient (Wildman–Crippen LogP) is 4.22. The Hall–Kier alpha value is -3.79. The standard InChI is InChI=1S/C24H26N2O5/c1-16(2)19-7-5-6-17(3)24(19)26-22(27)15-31-23(28)11-9-18-8-10-20(30-13-12-25)21(14-18)29-4/h5-11,14,16H,13,15H2,1-4H3,(H,26,27)/b11-9+. The van der Waals surface area contributed by atoms with Crippen LogP contribution in [0, 0.1) is 18.3 Å². The number of nitrogens with one attached hydrogen (secondary N) is 1. The zero-order valence-electron chi connectivity index (χ0n) is 18.1. The maximum atomic E-state index is 12.3. The van der Waals surface area contributed by atoms with Crippen molar-refractivity contribution in [1.82, 2.24) is 0 Å². The number of anilines is 1. The van der Waals surface area contributed by atoms with Crippen LogP contribution >= 0.6 is 0 Å². The van der Waals surface area contributed by atoms with Gasteiger partial charge in [0.05, 0.1) is 7.11 Å². The van der Waals surface area contributed by atoms with Crippen LogP contribution in [0.2, 0.25) is 0 Å². The molecular formula is C24H26N2O5. The van der Waals surface area contributed by atoms with E-state index in [0.717, 1.165) is 16.8 Å². The van der Waals surface area contributed by atoms with Crippen LogP contribution in [0.25, 0.3) is 6.08 Å². The van der Waals surface area contributed by atoms with Crippen molar-refractivity contribution in [2.75, 3.05) is 25.6 Å². The summed E-state index contributed by atoms with van der Waals surface area (Å²) in [5.41, 5.74) is 3.39. The SMILES string of the molecule is COc1cc(/C=C/C(=O)OCC(=O)Nc2c(C)cccc2C(C)C)ccc1OCC#N. The van der Waals surface area contributed by atoms with E-state index in [9.17, 15) is 9.59 Å². The lowest BCUT2D eigenvalue weighted by molar-refractivity contribution is -0.142. The Balaban J connectivity index is 1.94. The van der Waals surface area contributed by atoms with E-state index in [1.165, 1.54) is 19.3 Å². The molecule has 0 aliphatic heterocycles. The van der Waals surface area contributed by atoms with E-state index in [4.69, 9.17) is 19.5 Å². The molecule has 0 aromatic heterocycles. The maximum Gasteiger partial charge on any atom is 0.331 e. The summed E-state index contributed by atoms with van der Waals surface area (Å²) in [6.45, 7) is 5.53. The molecule has 0 spiro atoms. The first kappa shape index (κ1) is 23.5. The van der Waals surface area contributed by atoms with Crippen molar-refractivity contribution in [2.24, 2.45) is 0 Å². The summed E-state index contributed by atoms with van der Waals surface area (Å²) in [5.74, 6) is 0.0579. The minimum Gasteiger partial charge on any atom is -0.493 e. The maximum absolute atomic E-state index is 12.3. The number of benzene rings is 2. The van der Waals surface area contributed by atoms with Crippen LogP contribution in [-0.4, -0.2) is 32.2 Å². The van der Waals surface area contributed by atoms with Gasteiger partial charge >= 0.3 is 5.97 Å². The minimum atomic E-state index is -0.646. The lowest BCUT2D eigenvalue weighted by atomic mass is 9.98. The fraction of sp³-hybridized carbons (Fsp3) is 0.292. The average Bonchev–Trinajstić information content (AvgIpc) is 2.76. The monoisotopic (exact) mass is 422 g/mol. The molecule has 0 radical (unpaired) electrons. The number of carbonyl (C=O) groups is 2. The lowest BCUT2D eigenvalue weighted by Crippen LogP contribution is -2.21. The van der Waals surface area contributed by atoms with Crippen molar-refractivity contribution in [3.8, 4) is 17.6 Å². The van der Waals surface area contributed by atoms with Crippen molar-refractivity contribution in [3.63, 3.8) is 0 Å². The summed E-state index contributed by atoms with van der Waals surface area (Å²) in [5, 5.41) is 11.4. The lowest BCUT2D eigenvalue weighted by Gasteiger charge is -2.16. The van der Waals surface area contributed by atoms with E-state index in [2.05, 4.69) is 5.32 Å². The van der Waals surface area contributed by atoms with Gasteiger partial charge < -0.3 is 19.5 Å².